The Morgan fingerprint density at radius 2 is 2.33 bits per heavy atom. The van der Waals surface area contributed by atoms with Gasteiger partial charge in [0.1, 0.15) is 0 Å². The lowest BCUT2D eigenvalue weighted by atomic mass is 10.0. The summed E-state index contributed by atoms with van der Waals surface area (Å²) in [7, 11) is 1.98. The molecule has 0 aromatic carbocycles. The smallest absolute Gasteiger partial charge is 0.0420 e. The number of nitrogens with one attached hydrogen (secondary N) is 1. The van der Waals surface area contributed by atoms with Crippen LogP contribution in [0.4, 0.5) is 0 Å². The third-order valence-corrected chi connectivity index (χ3v) is 2.51. The molecule has 0 spiro atoms. The summed E-state index contributed by atoms with van der Waals surface area (Å²) in [5, 5.41) is 3.31. The highest BCUT2D eigenvalue weighted by molar-refractivity contribution is 5.22. The van der Waals surface area contributed by atoms with Crippen LogP contribution in [0.25, 0.3) is 0 Å². The van der Waals surface area contributed by atoms with Gasteiger partial charge in [-0.1, -0.05) is 6.07 Å². The monoisotopic (exact) mass is 202 g/mol. The zero-order valence-electron chi connectivity index (χ0n) is 9.67. The van der Waals surface area contributed by atoms with Gasteiger partial charge in [0.2, 0.25) is 0 Å². The van der Waals surface area contributed by atoms with Gasteiger partial charge in [-0.25, -0.2) is 0 Å². The molecule has 0 aliphatic rings. The molecular formula is C13H18N2. The molecule has 0 bridgehead atoms. The highest BCUT2D eigenvalue weighted by Crippen LogP contribution is 2.19. The summed E-state index contributed by atoms with van der Waals surface area (Å²) >= 11 is 0. The maximum Gasteiger partial charge on any atom is 0.0420 e. The van der Waals surface area contributed by atoms with Crippen molar-refractivity contribution in [2.75, 3.05) is 7.05 Å². The summed E-state index contributed by atoms with van der Waals surface area (Å²) in [4.78, 5) is 4.30. The van der Waals surface area contributed by atoms with E-state index in [0.717, 1.165) is 18.5 Å². The first-order chi connectivity index (χ1) is 7.29. The minimum absolute atomic E-state index is 0.361. The normalized spacial score (nSPS) is 11.7. The van der Waals surface area contributed by atoms with Crippen LogP contribution in [0.3, 0.4) is 0 Å². The number of pyridine rings is 1. The highest BCUT2D eigenvalue weighted by atomic mass is 14.9. The molecular weight excluding hydrogens is 184 g/mol. The summed E-state index contributed by atoms with van der Waals surface area (Å²) in [5.41, 5.74) is 2.37. The summed E-state index contributed by atoms with van der Waals surface area (Å²) in [6.07, 6.45) is 3.79. The fourth-order valence-corrected chi connectivity index (χ4v) is 1.66. The van der Waals surface area contributed by atoms with Crippen LogP contribution >= 0.6 is 0 Å². The second kappa shape index (κ2) is 6.21. The van der Waals surface area contributed by atoms with Crippen LogP contribution in [-0.2, 0) is 0 Å². The molecule has 2 heteroatoms. The Hall–Kier alpha value is -1.33. The van der Waals surface area contributed by atoms with Gasteiger partial charge in [0.15, 0.2) is 0 Å². The number of rotatable bonds is 4. The van der Waals surface area contributed by atoms with Gasteiger partial charge in [0.05, 0.1) is 0 Å². The number of aryl methyl sites for hydroxylation is 1. The Kier molecular flexibility index (Phi) is 4.86. The molecule has 15 heavy (non-hydrogen) atoms. The predicted molar refractivity (Wildman–Crippen MR) is 63.5 cm³/mol. The maximum atomic E-state index is 4.30. The van der Waals surface area contributed by atoms with Crippen LogP contribution in [0.1, 0.15) is 37.1 Å². The van der Waals surface area contributed by atoms with Gasteiger partial charge in [-0.05, 0) is 38.9 Å². The number of aromatic nitrogens is 1. The van der Waals surface area contributed by atoms with Crippen LogP contribution in [0, 0.1) is 18.8 Å². The van der Waals surface area contributed by atoms with Crippen LogP contribution < -0.4 is 5.32 Å². The van der Waals surface area contributed by atoms with Gasteiger partial charge in [-0.3, -0.25) is 4.98 Å². The van der Waals surface area contributed by atoms with Crippen molar-refractivity contribution in [3.8, 4) is 11.8 Å². The van der Waals surface area contributed by atoms with E-state index < -0.39 is 0 Å². The highest BCUT2D eigenvalue weighted by Gasteiger charge is 2.10. The molecule has 0 saturated heterocycles. The van der Waals surface area contributed by atoms with Crippen LogP contribution in [0.2, 0.25) is 0 Å². The van der Waals surface area contributed by atoms with Crippen molar-refractivity contribution >= 4 is 0 Å². The van der Waals surface area contributed by atoms with Crippen LogP contribution in [0.15, 0.2) is 18.3 Å². The SMILES string of the molecule is CC#CCCC(NC)c1cccnc1C. The van der Waals surface area contributed by atoms with E-state index in [1.165, 1.54) is 5.56 Å². The minimum Gasteiger partial charge on any atom is -0.313 e. The molecule has 0 saturated carbocycles. The van der Waals surface area contributed by atoms with Gasteiger partial charge in [-0.2, -0.15) is 0 Å². The van der Waals surface area contributed by atoms with Gasteiger partial charge in [-0.15, -0.1) is 11.8 Å². The van der Waals surface area contributed by atoms with E-state index in [9.17, 15) is 0 Å². The molecule has 1 heterocycles. The second-order valence-corrected chi connectivity index (χ2v) is 3.48. The average Bonchev–Trinajstić information content (AvgIpc) is 2.26. The van der Waals surface area contributed by atoms with Crippen molar-refractivity contribution in [2.45, 2.75) is 32.7 Å². The predicted octanol–water partition coefficient (Wildman–Crippen LogP) is 2.45. The number of nitrogens with zero attached hydrogens (tertiary/aromatic N) is 1. The van der Waals surface area contributed by atoms with E-state index in [-0.39, 0.29) is 0 Å². The van der Waals surface area contributed by atoms with Crippen LogP contribution in [0.5, 0.6) is 0 Å². The molecule has 1 N–H and O–H groups in total. The Morgan fingerprint density at radius 3 is 2.93 bits per heavy atom. The van der Waals surface area contributed by atoms with E-state index in [1.807, 2.05) is 33.2 Å². The fraction of sp³-hybridized carbons (Fsp3) is 0.462. The molecule has 0 aliphatic carbocycles. The third kappa shape index (κ3) is 3.38. The standard InChI is InChI=1S/C13H18N2/c1-4-5-6-9-13(14-3)12-8-7-10-15-11(12)2/h7-8,10,13-14H,6,9H2,1-3H3. The molecule has 1 atom stereocenters. The van der Waals surface area contributed by atoms with E-state index in [1.54, 1.807) is 0 Å². The van der Waals surface area contributed by atoms with E-state index in [0.29, 0.717) is 6.04 Å². The summed E-state index contributed by atoms with van der Waals surface area (Å²) in [6, 6.07) is 4.47. The van der Waals surface area contributed by atoms with Crippen molar-refractivity contribution in [2.24, 2.45) is 0 Å². The largest absolute Gasteiger partial charge is 0.313 e. The summed E-state index contributed by atoms with van der Waals surface area (Å²) in [6.45, 7) is 3.93. The van der Waals surface area contributed by atoms with Gasteiger partial charge in [0.25, 0.3) is 0 Å². The zero-order chi connectivity index (χ0) is 11.1. The molecule has 1 aromatic heterocycles. The van der Waals surface area contributed by atoms with Crippen molar-refractivity contribution in [3.63, 3.8) is 0 Å². The molecule has 1 unspecified atom stereocenters. The van der Waals surface area contributed by atoms with Crippen LogP contribution in [-0.4, -0.2) is 12.0 Å². The van der Waals surface area contributed by atoms with Gasteiger partial charge < -0.3 is 5.32 Å². The van der Waals surface area contributed by atoms with Gasteiger partial charge >= 0.3 is 0 Å². The summed E-state index contributed by atoms with van der Waals surface area (Å²) < 4.78 is 0. The molecule has 2 nitrogen and oxygen atoms in total. The molecule has 1 rings (SSSR count). The maximum absolute atomic E-state index is 4.30. The first kappa shape index (κ1) is 11.7. The minimum atomic E-state index is 0.361. The second-order valence-electron chi connectivity index (χ2n) is 3.48. The number of hydrogen-bond acceptors (Lipinski definition) is 2. The molecule has 0 aliphatic heterocycles. The Balaban J connectivity index is 2.72. The first-order valence-corrected chi connectivity index (χ1v) is 5.28. The van der Waals surface area contributed by atoms with E-state index in [4.69, 9.17) is 0 Å². The van der Waals surface area contributed by atoms with E-state index in [2.05, 4.69) is 28.2 Å². The summed E-state index contributed by atoms with van der Waals surface area (Å²) in [5.74, 6) is 6.01. The van der Waals surface area contributed by atoms with Crippen molar-refractivity contribution in [1.29, 1.82) is 0 Å². The van der Waals surface area contributed by atoms with E-state index >= 15 is 0 Å². The topological polar surface area (TPSA) is 24.9 Å². The average molecular weight is 202 g/mol. The lowest BCUT2D eigenvalue weighted by Gasteiger charge is -2.16. The fourth-order valence-electron chi connectivity index (χ4n) is 1.66. The van der Waals surface area contributed by atoms with Crippen molar-refractivity contribution in [3.05, 3.63) is 29.6 Å². The lowest BCUT2D eigenvalue weighted by Crippen LogP contribution is -2.17. The Morgan fingerprint density at radius 1 is 1.53 bits per heavy atom. The molecule has 80 valence electrons. The zero-order valence-corrected chi connectivity index (χ0v) is 9.67. The van der Waals surface area contributed by atoms with Crippen molar-refractivity contribution in [1.82, 2.24) is 10.3 Å². The third-order valence-electron chi connectivity index (χ3n) is 2.51. The van der Waals surface area contributed by atoms with Crippen molar-refractivity contribution < 1.29 is 0 Å². The number of hydrogen-bond donors (Lipinski definition) is 1. The molecule has 0 fully saturated rings. The van der Waals surface area contributed by atoms with Gasteiger partial charge in [0, 0.05) is 24.4 Å². The molecule has 1 aromatic rings. The quantitative estimate of drug-likeness (QED) is 0.759. The Labute approximate surface area is 92.1 Å². The molecule has 0 amide bonds. The lowest BCUT2D eigenvalue weighted by molar-refractivity contribution is 0.553. The first-order valence-electron chi connectivity index (χ1n) is 5.28. The Bertz CT molecular complexity index is 360. The molecule has 0 radical (unpaired) electrons.